The Morgan fingerprint density at radius 2 is 1.88 bits per heavy atom. The van der Waals surface area contributed by atoms with Crippen molar-refractivity contribution in [1.29, 1.82) is 0 Å². The third-order valence-corrected chi connectivity index (χ3v) is 4.45. The minimum absolute atomic E-state index is 0.326. The van der Waals surface area contributed by atoms with Crippen molar-refractivity contribution in [2.75, 3.05) is 11.1 Å². The minimum atomic E-state index is -0.326. The van der Waals surface area contributed by atoms with Crippen molar-refractivity contribution in [1.82, 2.24) is 0 Å². The molecule has 0 aliphatic carbocycles. The van der Waals surface area contributed by atoms with Crippen LogP contribution >= 0.6 is 23.2 Å². The molecule has 3 N–H and O–H groups in total. The number of hydrogen-bond donors (Lipinski definition) is 2. The number of amides is 1. The first-order valence-corrected chi connectivity index (χ1v) is 8.58. The molecule has 1 heterocycles. The monoisotopic (exact) mass is 386 g/mol. The van der Waals surface area contributed by atoms with Crippen molar-refractivity contribution >= 4 is 46.6 Å². The molecule has 1 aromatic heterocycles. The Morgan fingerprint density at radius 1 is 1.08 bits per heavy atom. The lowest BCUT2D eigenvalue weighted by atomic mass is 10.1. The molecule has 26 heavy (non-hydrogen) atoms. The number of benzene rings is 2. The number of halogens is 2. The second kappa shape index (κ2) is 7.68. The van der Waals surface area contributed by atoms with Gasteiger partial charge in [0.2, 0.25) is 5.91 Å². The van der Waals surface area contributed by atoms with Crippen LogP contribution < -0.4 is 11.1 Å². The second-order valence-corrected chi connectivity index (χ2v) is 6.54. The van der Waals surface area contributed by atoms with Gasteiger partial charge in [-0.3, -0.25) is 4.79 Å². The Balaban J connectivity index is 1.69. The van der Waals surface area contributed by atoms with Crippen LogP contribution in [0.4, 0.5) is 11.4 Å². The fraction of sp³-hybridized carbons (Fsp3) is 0.0500. The van der Waals surface area contributed by atoms with Gasteiger partial charge in [0.25, 0.3) is 0 Å². The summed E-state index contributed by atoms with van der Waals surface area (Å²) in [5.74, 6) is 0.900. The van der Waals surface area contributed by atoms with Crippen molar-refractivity contribution in [3.63, 3.8) is 0 Å². The summed E-state index contributed by atoms with van der Waals surface area (Å²) in [6.07, 6.45) is 2.96. The van der Waals surface area contributed by atoms with E-state index in [0.717, 1.165) is 11.1 Å². The Bertz CT molecular complexity index is 993. The molecule has 0 spiro atoms. The van der Waals surface area contributed by atoms with E-state index < -0.39 is 0 Å². The zero-order chi connectivity index (χ0) is 18.7. The number of furan rings is 1. The number of anilines is 2. The first-order chi connectivity index (χ1) is 12.4. The van der Waals surface area contributed by atoms with Gasteiger partial charge >= 0.3 is 0 Å². The molecule has 132 valence electrons. The fourth-order valence-electron chi connectivity index (χ4n) is 2.31. The van der Waals surface area contributed by atoms with Crippen LogP contribution in [-0.2, 0) is 4.79 Å². The molecule has 3 aromatic rings. The van der Waals surface area contributed by atoms with Gasteiger partial charge in [0.15, 0.2) is 0 Å². The van der Waals surface area contributed by atoms with Crippen LogP contribution in [0.5, 0.6) is 0 Å². The molecule has 0 radical (unpaired) electrons. The largest absolute Gasteiger partial charge is 0.457 e. The first kappa shape index (κ1) is 18.1. The third kappa shape index (κ3) is 4.28. The van der Waals surface area contributed by atoms with Crippen LogP contribution in [0.1, 0.15) is 11.3 Å². The van der Waals surface area contributed by atoms with Crippen molar-refractivity contribution in [2.24, 2.45) is 0 Å². The molecule has 0 aliphatic rings. The Kier molecular flexibility index (Phi) is 5.35. The minimum Gasteiger partial charge on any atom is -0.457 e. The zero-order valence-corrected chi connectivity index (χ0v) is 15.4. The Morgan fingerprint density at radius 3 is 2.62 bits per heavy atom. The molecule has 0 saturated heterocycles. The van der Waals surface area contributed by atoms with E-state index >= 15 is 0 Å². The van der Waals surface area contributed by atoms with Gasteiger partial charge in [0.05, 0.1) is 10.7 Å². The van der Waals surface area contributed by atoms with Crippen LogP contribution in [0.25, 0.3) is 17.4 Å². The summed E-state index contributed by atoms with van der Waals surface area (Å²) in [6, 6.07) is 14.2. The molecule has 0 saturated carbocycles. The molecule has 0 atom stereocenters. The summed E-state index contributed by atoms with van der Waals surface area (Å²) >= 11 is 12.2. The third-order valence-electron chi connectivity index (χ3n) is 3.73. The predicted octanol–water partition coefficient (Wildman–Crippen LogP) is 5.80. The van der Waals surface area contributed by atoms with Gasteiger partial charge < -0.3 is 15.5 Å². The summed E-state index contributed by atoms with van der Waals surface area (Å²) in [6.45, 7) is 1.94. The normalized spacial score (nSPS) is 11.0. The van der Waals surface area contributed by atoms with Crippen molar-refractivity contribution in [3.05, 3.63) is 76.0 Å². The molecule has 2 aromatic carbocycles. The average molecular weight is 387 g/mol. The van der Waals surface area contributed by atoms with E-state index in [2.05, 4.69) is 5.32 Å². The van der Waals surface area contributed by atoms with Crippen LogP contribution in [0.2, 0.25) is 10.0 Å². The molecule has 1 amide bonds. The topological polar surface area (TPSA) is 68.3 Å². The second-order valence-electron chi connectivity index (χ2n) is 5.73. The lowest BCUT2D eigenvalue weighted by Crippen LogP contribution is -2.08. The van der Waals surface area contributed by atoms with Gasteiger partial charge in [0, 0.05) is 22.3 Å². The summed E-state index contributed by atoms with van der Waals surface area (Å²) in [4.78, 5) is 12.0. The highest BCUT2D eigenvalue weighted by Gasteiger charge is 2.07. The summed E-state index contributed by atoms with van der Waals surface area (Å²) in [5.41, 5.74) is 8.52. The molecule has 0 bridgehead atoms. The zero-order valence-electron chi connectivity index (χ0n) is 13.9. The van der Waals surface area contributed by atoms with Gasteiger partial charge in [-0.15, -0.1) is 0 Å². The number of hydrogen-bond acceptors (Lipinski definition) is 3. The average Bonchev–Trinajstić information content (AvgIpc) is 3.07. The van der Waals surface area contributed by atoms with Gasteiger partial charge in [-0.2, -0.15) is 0 Å². The van der Waals surface area contributed by atoms with Crippen molar-refractivity contribution in [3.8, 4) is 11.3 Å². The van der Waals surface area contributed by atoms with E-state index in [-0.39, 0.29) is 5.91 Å². The molecule has 0 unspecified atom stereocenters. The van der Waals surface area contributed by atoms with Crippen LogP contribution in [-0.4, -0.2) is 5.91 Å². The molecular weight excluding hydrogens is 371 g/mol. The molecule has 6 heteroatoms. The maximum absolute atomic E-state index is 12.0. The van der Waals surface area contributed by atoms with Crippen molar-refractivity contribution < 1.29 is 9.21 Å². The van der Waals surface area contributed by atoms with Crippen LogP contribution in [0.15, 0.2) is 59.0 Å². The summed E-state index contributed by atoms with van der Waals surface area (Å²) in [5, 5.41) is 3.74. The number of aryl methyl sites for hydroxylation is 1. The molecular formula is C20H16Cl2N2O2. The molecule has 0 fully saturated rings. The number of rotatable bonds is 4. The Labute approximate surface area is 161 Å². The molecule has 3 rings (SSSR count). The van der Waals surface area contributed by atoms with Gasteiger partial charge in [-0.05, 0) is 55.0 Å². The highest BCUT2D eigenvalue weighted by molar-refractivity contribution is 6.34. The maximum atomic E-state index is 12.0. The molecule has 0 aliphatic heterocycles. The quantitative estimate of drug-likeness (QED) is 0.439. The lowest BCUT2D eigenvalue weighted by Gasteiger charge is -2.05. The highest BCUT2D eigenvalue weighted by Crippen LogP contribution is 2.27. The standard InChI is InChI=1S/C20H16Cl2N2O2/c1-12-2-3-13(10-16(12)21)19-8-5-15(26-19)6-9-20(25)24-18-7-4-14(23)11-17(18)22/h2-11H,23H2,1H3,(H,24,25)/b9-6+. The van der Waals surface area contributed by atoms with E-state index in [1.54, 1.807) is 30.3 Å². The number of carbonyl (C=O) groups is 1. The van der Waals surface area contributed by atoms with Gasteiger partial charge in [-0.1, -0.05) is 35.3 Å². The van der Waals surface area contributed by atoms with E-state index in [4.69, 9.17) is 33.4 Å². The maximum Gasteiger partial charge on any atom is 0.248 e. The fourth-order valence-corrected chi connectivity index (χ4v) is 2.73. The number of nitrogens with two attached hydrogens (primary N) is 1. The smallest absolute Gasteiger partial charge is 0.248 e. The van der Waals surface area contributed by atoms with E-state index in [9.17, 15) is 4.79 Å². The number of carbonyl (C=O) groups excluding carboxylic acids is 1. The van der Waals surface area contributed by atoms with E-state index in [1.807, 2.05) is 31.2 Å². The summed E-state index contributed by atoms with van der Waals surface area (Å²) in [7, 11) is 0. The SMILES string of the molecule is Cc1ccc(-c2ccc(/C=C/C(=O)Nc3ccc(N)cc3Cl)o2)cc1Cl. The van der Waals surface area contributed by atoms with E-state index in [0.29, 0.717) is 32.9 Å². The van der Waals surface area contributed by atoms with Gasteiger partial charge in [-0.25, -0.2) is 0 Å². The summed E-state index contributed by atoms with van der Waals surface area (Å²) < 4.78 is 5.74. The van der Waals surface area contributed by atoms with E-state index in [1.165, 1.54) is 6.08 Å². The van der Waals surface area contributed by atoms with Crippen molar-refractivity contribution in [2.45, 2.75) is 6.92 Å². The predicted molar refractivity (Wildman–Crippen MR) is 107 cm³/mol. The van der Waals surface area contributed by atoms with Crippen LogP contribution in [0, 0.1) is 6.92 Å². The Hall–Kier alpha value is -2.69. The number of nitrogen functional groups attached to an aromatic ring is 1. The molecule has 4 nitrogen and oxygen atoms in total. The number of nitrogens with one attached hydrogen (secondary N) is 1. The van der Waals surface area contributed by atoms with Crippen LogP contribution in [0.3, 0.4) is 0 Å². The highest BCUT2D eigenvalue weighted by atomic mass is 35.5. The van der Waals surface area contributed by atoms with Gasteiger partial charge in [0.1, 0.15) is 11.5 Å². The lowest BCUT2D eigenvalue weighted by molar-refractivity contribution is -0.111. The first-order valence-electron chi connectivity index (χ1n) is 7.83.